The highest BCUT2D eigenvalue weighted by Crippen LogP contribution is 2.69. The van der Waals surface area contributed by atoms with Crippen LogP contribution in [0, 0.1) is 29.6 Å². The molecule has 106 valence electrons. The zero-order valence-electron chi connectivity index (χ0n) is 11.6. The third-order valence-electron chi connectivity index (χ3n) is 5.66. The molecule has 1 amide bonds. The van der Waals surface area contributed by atoms with Gasteiger partial charge in [0.2, 0.25) is 5.91 Å². The number of hydrogen-bond donors (Lipinski definition) is 2. The Hall–Kier alpha value is -1.26. The summed E-state index contributed by atoms with van der Waals surface area (Å²) in [6.45, 7) is 1.95. The van der Waals surface area contributed by atoms with Crippen LogP contribution in [-0.2, 0) is 4.79 Å². The molecule has 5 nitrogen and oxygen atoms in total. The predicted octanol–water partition coefficient (Wildman–Crippen LogP) is 1.26. The summed E-state index contributed by atoms with van der Waals surface area (Å²) < 4.78 is 0. The number of oxime groups is 1. The fourth-order valence-corrected chi connectivity index (χ4v) is 4.59. The Kier molecular flexibility index (Phi) is 2.95. The van der Waals surface area contributed by atoms with Gasteiger partial charge in [0.15, 0.2) is 0 Å². The SMILES string of the molecule is CC(CC(N)=NO)N(C)C(=O)C1C2C3CCC(C3)C12. The zero-order valence-corrected chi connectivity index (χ0v) is 11.6. The molecule has 19 heavy (non-hydrogen) atoms. The maximum atomic E-state index is 12.5. The number of nitrogens with two attached hydrogens (primary N) is 1. The van der Waals surface area contributed by atoms with Crippen molar-refractivity contribution in [2.45, 2.75) is 38.6 Å². The lowest BCUT2D eigenvalue weighted by Gasteiger charge is -2.25. The molecule has 0 aromatic rings. The van der Waals surface area contributed by atoms with Gasteiger partial charge in [0.1, 0.15) is 5.84 Å². The van der Waals surface area contributed by atoms with Gasteiger partial charge in [-0.2, -0.15) is 0 Å². The molecule has 3 fully saturated rings. The Morgan fingerprint density at radius 1 is 1.42 bits per heavy atom. The average Bonchev–Trinajstić information content (AvgIpc) is 2.84. The minimum absolute atomic E-state index is 0.0117. The minimum Gasteiger partial charge on any atom is -0.409 e. The van der Waals surface area contributed by atoms with E-state index in [-0.39, 0.29) is 23.7 Å². The first kappa shape index (κ1) is 12.8. The van der Waals surface area contributed by atoms with Gasteiger partial charge in [-0.3, -0.25) is 4.79 Å². The van der Waals surface area contributed by atoms with E-state index in [1.165, 1.54) is 19.3 Å². The topological polar surface area (TPSA) is 78.9 Å². The van der Waals surface area contributed by atoms with Gasteiger partial charge in [0.25, 0.3) is 0 Å². The molecular weight excluding hydrogens is 242 g/mol. The molecule has 3 saturated carbocycles. The number of carbonyl (C=O) groups is 1. The molecule has 3 N–H and O–H groups in total. The van der Waals surface area contributed by atoms with Gasteiger partial charge in [-0.1, -0.05) is 5.16 Å². The molecule has 0 saturated heterocycles. The van der Waals surface area contributed by atoms with E-state index in [1.807, 2.05) is 14.0 Å². The molecule has 5 heteroatoms. The molecule has 3 rings (SSSR count). The van der Waals surface area contributed by atoms with Crippen molar-refractivity contribution in [2.24, 2.45) is 40.5 Å². The Labute approximate surface area is 113 Å². The number of amides is 1. The van der Waals surface area contributed by atoms with Crippen molar-refractivity contribution in [3.05, 3.63) is 0 Å². The Morgan fingerprint density at radius 2 is 2.00 bits per heavy atom. The molecule has 0 aliphatic heterocycles. The van der Waals surface area contributed by atoms with E-state index in [0.29, 0.717) is 18.3 Å². The maximum Gasteiger partial charge on any atom is 0.226 e. The van der Waals surface area contributed by atoms with Gasteiger partial charge in [-0.15, -0.1) is 0 Å². The van der Waals surface area contributed by atoms with Crippen molar-refractivity contribution in [2.75, 3.05) is 7.05 Å². The highest BCUT2D eigenvalue weighted by Gasteiger charge is 2.67. The zero-order chi connectivity index (χ0) is 13.7. The molecular formula is C14H23N3O2. The van der Waals surface area contributed by atoms with Gasteiger partial charge in [-0.25, -0.2) is 0 Å². The normalized spacial score (nSPS) is 40.9. The Balaban J connectivity index is 1.60. The molecule has 5 unspecified atom stereocenters. The van der Waals surface area contributed by atoms with Crippen LogP contribution in [0.5, 0.6) is 0 Å². The summed E-state index contributed by atoms with van der Waals surface area (Å²) in [6, 6.07) is -0.0117. The van der Waals surface area contributed by atoms with Crippen molar-refractivity contribution in [3.63, 3.8) is 0 Å². The Bertz CT molecular complexity index is 407. The first-order chi connectivity index (χ1) is 9.04. The predicted molar refractivity (Wildman–Crippen MR) is 71.6 cm³/mol. The minimum atomic E-state index is -0.0117. The van der Waals surface area contributed by atoms with Crippen LogP contribution in [0.2, 0.25) is 0 Å². The van der Waals surface area contributed by atoms with E-state index in [1.54, 1.807) is 4.90 Å². The summed E-state index contributed by atoms with van der Waals surface area (Å²) in [6.07, 6.45) is 4.45. The summed E-state index contributed by atoms with van der Waals surface area (Å²) in [7, 11) is 1.84. The van der Waals surface area contributed by atoms with E-state index < -0.39 is 0 Å². The van der Waals surface area contributed by atoms with Gasteiger partial charge >= 0.3 is 0 Å². The fourth-order valence-electron chi connectivity index (χ4n) is 4.59. The molecule has 2 bridgehead atoms. The molecule has 0 aromatic heterocycles. The number of hydrogen-bond acceptors (Lipinski definition) is 3. The van der Waals surface area contributed by atoms with Crippen molar-refractivity contribution in [1.82, 2.24) is 4.90 Å². The van der Waals surface area contributed by atoms with E-state index in [4.69, 9.17) is 10.9 Å². The Morgan fingerprint density at radius 3 is 2.53 bits per heavy atom. The number of fused-ring (bicyclic) bond motifs is 5. The number of nitrogens with zero attached hydrogens (tertiary/aromatic N) is 2. The van der Waals surface area contributed by atoms with Crippen LogP contribution in [0.1, 0.15) is 32.6 Å². The lowest BCUT2D eigenvalue weighted by Crippen LogP contribution is -2.39. The van der Waals surface area contributed by atoms with Gasteiger partial charge in [0, 0.05) is 25.4 Å². The van der Waals surface area contributed by atoms with Crippen molar-refractivity contribution in [3.8, 4) is 0 Å². The summed E-state index contributed by atoms with van der Waals surface area (Å²) >= 11 is 0. The first-order valence-corrected chi connectivity index (χ1v) is 7.27. The van der Waals surface area contributed by atoms with E-state index in [0.717, 1.165) is 11.8 Å². The summed E-state index contributed by atoms with van der Waals surface area (Å²) in [5.41, 5.74) is 5.51. The van der Waals surface area contributed by atoms with Crippen LogP contribution >= 0.6 is 0 Å². The molecule has 0 spiro atoms. The average molecular weight is 265 g/mol. The number of carbonyl (C=O) groups excluding carboxylic acids is 1. The van der Waals surface area contributed by atoms with Gasteiger partial charge in [-0.05, 0) is 49.9 Å². The van der Waals surface area contributed by atoms with Gasteiger partial charge < -0.3 is 15.8 Å². The smallest absolute Gasteiger partial charge is 0.226 e. The van der Waals surface area contributed by atoms with Crippen molar-refractivity contribution in [1.29, 1.82) is 0 Å². The lowest BCUT2D eigenvalue weighted by molar-refractivity contribution is -0.134. The van der Waals surface area contributed by atoms with Crippen LogP contribution in [0.25, 0.3) is 0 Å². The quantitative estimate of drug-likeness (QED) is 0.347. The lowest BCUT2D eigenvalue weighted by atomic mass is 10.0. The molecule has 0 aromatic carbocycles. The van der Waals surface area contributed by atoms with Crippen LogP contribution < -0.4 is 5.73 Å². The summed E-state index contributed by atoms with van der Waals surface area (Å²) in [5, 5.41) is 11.6. The van der Waals surface area contributed by atoms with Crippen LogP contribution in [-0.4, -0.2) is 34.9 Å². The second-order valence-electron chi connectivity index (χ2n) is 6.61. The summed E-state index contributed by atoms with van der Waals surface area (Å²) in [4.78, 5) is 14.3. The third kappa shape index (κ3) is 1.90. The molecule has 5 atom stereocenters. The second kappa shape index (κ2) is 4.39. The van der Waals surface area contributed by atoms with Gasteiger partial charge in [0.05, 0.1) is 0 Å². The van der Waals surface area contributed by atoms with Crippen molar-refractivity contribution >= 4 is 11.7 Å². The maximum absolute atomic E-state index is 12.5. The van der Waals surface area contributed by atoms with Crippen LogP contribution in [0.15, 0.2) is 5.16 Å². The second-order valence-corrected chi connectivity index (χ2v) is 6.61. The van der Waals surface area contributed by atoms with E-state index in [2.05, 4.69) is 5.16 Å². The number of rotatable bonds is 4. The van der Waals surface area contributed by atoms with E-state index in [9.17, 15) is 4.79 Å². The highest BCUT2D eigenvalue weighted by atomic mass is 16.4. The molecule has 3 aliphatic carbocycles. The standard InChI is InChI=1S/C14H23N3O2/c1-7(5-10(15)16-19)17(2)14(18)13-11-8-3-4-9(6-8)12(11)13/h7-9,11-13,19H,3-6H2,1-2H3,(H2,15,16). The van der Waals surface area contributed by atoms with Crippen molar-refractivity contribution < 1.29 is 10.0 Å². The molecule has 0 heterocycles. The first-order valence-electron chi connectivity index (χ1n) is 7.27. The summed E-state index contributed by atoms with van der Waals surface area (Å²) in [5.74, 6) is 3.70. The van der Waals surface area contributed by atoms with Crippen LogP contribution in [0.4, 0.5) is 0 Å². The largest absolute Gasteiger partial charge is 0.409 e. The van der Waals surface area contributed by atoms with Crippen LogP contribution in [0.3, 0.4) is 0 Å². The molecule has 0 radical (unpaired) electrons. The molecule has 3 aliphatic rings. The third-order valence-corrected chi connectivity index (χ3v) is 5.66. The van der Waals surface area contributed by atoms with E-state index >= 15 is 0 Å². The monoisotopic (exact) mass is 265 g/mol. The highest BCUT2D eigenvalue weighted by molar-refractivity contribution is 5.84. The number of amidine groups is 1. The fraction of sp³-hybridized carbons (Fsp3) is 0.857.